The number of anilines is 1. The number of alkyl halides is 1. The van der Waals surface area contributed by atoms with E-state index in [9.17, 15) is 0 Å². The molecule has 0 aliphatic carbocycles. The van der Waals surface area contributed by atoms with Gasteiger partial charge in [0.25, 0.3) is 0 Å². The predicted molar refractivity (Wildman–Crippen MR) is 62.9 cm³/mol. The molecule has 82 valence electrons. The monoisotopic (exact) mass is 271 g/mol. The summed E-state index contributed by atoms with van der Waals surface area (Å²) < 4.78 is 5.13. The Kier molecular flexibility index (Phi) is 3.09. The van der Waals surface area contributed by atoms with Gasteiger partial charge in [-0.1, -0.05) is 15.9 Å². The van der Waals surface area contributed by atoms with Crippen molar-refractivity contribution in [3.63, 3.8) is 0 Å². The fourth-order valence-electron chi connectivity index (χ4n) is 1.72. The second-order valence-electron chi connectivity index (χ2n) is 3.65. The van der Waals surface area contributed by atoms with Crippen LogP contribution in [0.1, 0.15) is 12.2 Å². The van der Waals surface area contributed by atoms with Crippen LogP contribution >= 0.6 is 15.9 Å². The Hall–Kier alpha value is -0.840. The first kappa shape index (κ1) is 10.7. The average Bonchev–Trinajstić information content (AvgIpc) is 2.64. The molecule has 0 spiro atoms. The number of methoxy groups -OCH3 is 1. The van der Waals surface area contributed by atoms with Gasteiger partial charge in [-0.15, -0.1) is 0 Å². The van der Waals surface area contributed by atoms with Crippen LogP contribution < -0.4 is 9.64 Å². The first-order valence-electron chi connectivity index (χ1n) is 4.97. The highest BCUT2D eigenvalue weighted by molar-refractivity contribution is 9.09. The lowest BCUT2D eigenvalue weighted by Crippen LogP contribution is -2.21. The summed E-state index contributed by atoms with van der Waals surface area (Å²) in [6.45, 7) is 3.92. The molecule has 0 aromatic carbocycles. The van der Waals surface area contributed by atoms with Crippen LogP contribution in [0.25, 0.3) is 0 Å². The van der Waals surface area contributed by atoms with E-state index in [4.69, 9.17) is 4.74 Å². The Balaban J connectivity index is 2.24. The molecule has 0 N–H and O–H groups in total. The molecule has 1 aliphatic heterocycles. The molecule has 1 aromatic heterocycles. The Morgan fingerprint density at radius 2 is 2.33 bits per heavy atom. The first-order chi connectivity index (χ1) is 7.19. The van der Waals surface area contributed by atoms with Crippen molar-refractivity contribution in [2.75, 3.05) is 25.1 Å². The van der Waals surface area contributed by atoms with Gasteiger partial charge in [-0.25, -0.2) is 4.98 Å². The Morgan fingerprint density at radius 3 is 2.93 bits per heavy atom. The Bertz CT molecular complexity index is 359. The molecular weight excluding hydrogens is 258 g/mol. The van der Waals surface area contributed by atoms with Gasteiger partial charge in [0, 0.05) is 24.0 Å². The van der Waals surface area contributed by atoms with Gasteiger partial charge in [0.05, 0.1) is 7.11 Å². The van der Waals surface area contributed by atoms with Crippen LogP contribution in [-0.2, 0) is 0 Å². The molecule has 0 amide bonds. The minimum Gasteiger partial charge on any atom is -0.481 e. The van der Waals surface area contributed by atoms with Gasteiger partial charge < -0.3 is 9.64 Å². The molecule has 2 heterocycles. The molecule has 1 aliphatic rings. The van der Waals surface area contributed by atoms with E-state index in [0.717, 1.165) is 31.2 Å². The number of aryl methyl sites for hydroxylation is 1. The highest BCUT2D eigenvalue weighted by Gasteiger charge is 2.21. The van der Waals surface area contributed by atoms with Crippen molar-refractivity contribution in [1.29, 1.82) is 0 Å². The van der Waals surface area contributed by atoms with E-state index in [1.807, 2.05) is 13.0 Å². The van der Waals surface area contributed by atoms with Gasteiger partial charge in [0.1, 0.15) is 11.6 Å². The molecule has 0 radical (unpaired) electrons. The maximum Gasteiger partial charge on any atom is 0.218 e. The number of ether oxygens (including phenoxy) is 1. The maximum atomic E-state index is 5.13. The third-order valence-electron chi connectivity index (χ3n) is 2.46. The third kappa shape index (κ3) is 2.40. The largest absolute Gasteiger partial charge is 0.481 e. The zero-order chi connectivity index (χ0) is 10.8. The predicted octanol–water partition coefficient (Wildman–Crippen LogP) is 1.77. The lowest BCUT2D eigenvalue weighted by atomic mass is 10.4. The van der Waals surface area contributed by atoms with Gasteiger partial charge in [-0.05, 0) is 13.3 Å². The van der Waals surface area contributed by atoms with Crippen molar-refractivity contribution < 1.29 is 4.74 Å². The Morgan fingerprint density at radius 1 is 1.53 bits per heavy atom. The van der Waals surface area contributed by atoms with E-state index in [1.54, 1.807) is 7.11 Å². The summed E-state index contributed by atoms with van der Waals surface area (Å²) in [7, 11) is 1.63. The molecule has 0 saturated carbocycles. The summed E-state index contributed by atoms with van der Waals surface area (Å²) in [6, 6.07) is 1.89. The highest BCUT2D eigenvalue weighted by atomic mass is 79.9. The van der Waals surface area contributed by atoms with Crippen LogP contribution in [0.2, 0.25) is 0 Å². The lowest BCUT2D eigenvalue weighted by molar-refractivity contribution is 0.395. The van der Waals surface area contributed by atoms with Crippen molar-refractivity contribution >= 4 is 21.7 Å². The van der Waals surface area contributed by atoms with E-state index < -0.39 is 0 Å². The molecular formula is C10H14BrN3O. The minimum atomic E-state index is 0.568. The molecule has 0 bridgehead atoms. The van der Waals surface area contributed by atoms with Gasteiger partial charge in [-0.3, -0.25) is 0 Å². The van der Waals surface area contributed by atoms with E-state index in [0.29, 0.717) is 10.7 Å². The third-order valence-corrected chi connectivity index (χ3v) is 3.21. The van der Waals surface area contributed by atoms with E-state index in [2.05, 4.69) is 30.8 Å². The van der Waals surface area contributed by atoms with Gasteiger partial charge in [0.15, 0.2) is 0 Å². The molecule has 1 fully saturated rings. The normalized spacial score (nSPS) is 20.7. The van der Waals surface area contributed by atoms with E-state index >= 15 is 0 Å². The summed E-state index contributed by atoms with van der Waals surface area (Å²) in [4.78, 5) is 11.4. The Labute approximate surface area is 97.8 Å². The minimum absolute atomic E-state index is 0.568. The molecule has 5 heteroatoms. The molecule has 1 saturated heterocycles. The number of halogens is 1. The van der Waals surface area contributed by atoms with Crippen LogP contribution in [0.15, 0.2) is 6.07 Å². The van der Waals surface area contributed by atoms with Gasteiger partial charge in [-0.2, -0.15) is 4.98 Å². The second-order valence-corrected chi connectivity index (χ2v) is 4.94. The van der Waals surface area contributed by atoms with Crippen LogP contribution in [0.4, 0.5) is 5.82 Å². The quantitative estimate of drug-likeness (QED) is 0.769. The molecule has 1 atom stereocenters. The SMILES string of the molecule is COc1cc(N2CCC(Br)C2)nc(C)n1. The molecule has 15 heavy (non-hydrogen) atoms. The fourth-order valence-corrected chi connectivity index (χ4v) is 2.27. The summed E-state index contributed by atoms with van der Waals surface area (Å²) in [6.07, 6.45) is 1.16. The zero-order valence-corrected chi connectivity index (χ0v) is 10.5. The number of aromatic nitrogens is 2. The second kappa shape index (κ2) is 4.35. The molecule has 2 rings (SSSR count). The summed E-state index contributed by atoms with van der Waals surface area (Å²) >= 11 is 3.61. The number of rotatable bonds is 2. The van der Waals surface area contributed by atoms with E-state index in [-0.39, 0.29) is 0 Å². The van der Waals surface area contributed by atoms with Gasteiger partial charge >= 0.3 is 0 Å². The maximum absolute atomic E-state index is 5.13. The van der Waals surface area contributed by atoms with Crippen LogP contribution in [0.3, 0.4) is 0 Å². The average molecular weight is 272 g/mol. The van der Waals surface area contributed by atoms with Crippen molar-refractivity contribution in [2.45, 2.75) is 18.2 Å². The lowest BCUT2D eigenvalue weighted by Gasteiger charge is -2.17. The number of hydrogen-bond acceptors (Lipinski definition) is 4. The van der Waals surface area contributed by atoms with Crippen molar-refractivity contribution in [3.8, 4) is 5.88 Å². The van der Waals surface area contributed by atoms with Crippen LogP contribution in [0.5, 0.6) is 5.88 Å². The highest BCUT2D eigenvalue weighted by Crippen LogP contribution is 2.24. The summed E-state index contributed by atoms with van der Waals surface area (Å²) in [5.41, 5.74) is 0. The summed E-state index contributed by atoms with van der Waals surface area (Å²) in [5.74, 6) is 2.35. The number of nitrogens with zero attached hydrogens (tertiary/aromatic N) is 3. The van der Waals surface area contributed by atoms with Gasteiger partial charge in [0.2, 0.25) is 5.88 Å². The number of hydrogen-bond donors (Lipinski definition) is 0. The van der Waals surface area contributed by atoms with Crippen LogP contribution in [-0.4, -0.2) is 35.0 Å². The smallest absolute Gasteiger partial charge is 0.218 e. The molecule has 1 aromatic rings. The van der Waals surface area contributed by atoms with Crippen molar-refractivity contribution in [1.82, 2.24) is 9.97 Å². The standard InChI is InChI=1S/C10H14BrN3O/c1-7-12-9(5-10(13-7)15-2)14-4-3-8(11)6-14/h5,8H,3-4,6H2,1-2H3. The zero-order valence-electron chi connectivity index (χ0n) is 8.90. The van der Waals surface area contributed by atoms with Crippen molar-refractivity contribution in [2.24, 2.45) is 0 Å². The molecule has 4 nitrogen and oxygen atoms in total. The molecule has 1 unspecified atom stereocenters. The van der Waals surface area contributed by atoms with Crippen molar-refractivity contribution in [3.05, 3.63) is 11.9 Å². The van der Waals surface area contributed by atoms with E-state index in [1.165, 1.54) is 0 Å². The van der Waals surface area contributed by atoms with Crippen LogP contribution in [0, 0.1) is 6.92 Å². The fraction of sp³-hybridized carbons (Fsp3) is 0.600. The summed E-state index contributed by atoms with van der Waals surface area (Å²) in [5, 5.41) is 0. The topological polar surface area (TPSA) is 38.2 Å². The first-order valence-corrected chi connectivity index (χ1v) is 5.89.